The van der Waals surface area contributed by atoms with Crippen LogP contribution in [0.25, 0.3) is 0 Å². The molecule has 0 saturated heterocycles. The second kappa shape index (κ2) is 4.01. The van der Waals surface area contributed by atoms with E-state index in [4.69, 9.17) is 11.6 Å². The molecule has 2 N–H and O–H groups in total. The number of H-pyrrole nitrogens is 1. The SMILES string of the molecule is O=C(Nc1cc(Cl)ncn1)c1ncn[nH]1. The number of aromatic amines is 1. The number of rotatable bonds is 2. The topological polar surface area (TPSA) is 96.5 Å². The van der Waals surface area contributed by atoms with Gasteiger partial charge in [-0.15, -0.1) is 0 Å². The number of hydrogen-bond acceptors (Lipinski definition) is 5. The summed E-state index contributed by atoms with van der Waals surface area (Å²) in [6.07, 6.45) is 2.49. The molecule has 0 atom stereocenters. The van der Waals surface area contributed by atoms with Crippen molar-refractivity contribution >= 4 is 23.3 Å². The van der Waals surface area contributed by atoms with Gasteiger partial charge in [-0.2, -0.15) is 5.10 Å². The van der Waals surface area contributed by atoms with Crippen molar-refractivity contribution in [2.75, 3.05) is 5.32 Å². The summed E-state index contributed by atoms with van der Waals surface area (Å²) >= 11 is 5.62. The summed E-state index contributed by atoms with van der Waals surface area (Å²) in [4.78, 5) is 22.6. The third kappa shape index (κ3) is 2.26. The zero-order chi connectivity index (χ0) is 10.7. The standard InChI is InChI=1S/C7H5ClN6O/c8-4-1-5(10-2-9-4)13-7(15)6-11-3-12-14-6/h1-3H,(H,11,12,14)(H,9,10,13,15). The molecule has 0 radical (unpaired) electrons. The zero-order valence-electron chi connectivity index (χ0n) is 7.31. The summed E-state index contributed by atoms with van der Waals surface area (Å²) in [6, 6.07) is 1.43. The van der Waals surface area contributed by atoms with E-state index in [0.717, 1.165) is 0 Å². The van der Waals surface area contributed by atoms with Crippen molar-refractivity contribution in [3.05, 3.63) is 29.7 Å². The Morgan fingerprint density at radius 2 is 2.20 bits per heavy atom. The van der Waals surface area contributed by atoms with Gasteiger partial charge in [0.05, 0.1) is 0 Å². The van der Waals surface area contributed by atoms with Crippen LogP contribution in [0.5, 0.6) is 0 Å². The minimum atomic E-state index is -0.442. The molecule has 76 valence electrons. The minimum absolute atomic E-state index is 0.102. The van der Waals surface area contributed by atoms with Gasteiger partial charge in [0.15, 0.2) is 0 Å². The highest BCUT2D eigenvalue weighted by Gasteiger charge is 2.09. The molecule has 0 aliphatic carbocycles. The normalized spacial score (nSPS) is 9.93. The van der Waals surface area contributed by atoms with Crippen LogP contribution in [0.3, 0.4) is 0 Å². The maximum absolute atomic E-state index is 11.4. The van der Waals surface area contributed by atoms with Gasteiger partial charge >= 0.3 is 0 Å². The Bertz CT molecular complexity index is 470. The summed E-state index contributed by atoms with van der Waals surface area (Å²) in [7, 11) is 0. The van der Waals surface area contributed by atoms with Crippen molar-refractivity contribution in [3.8, 4) is 0 Å². The van der Waals surface area contributed by atoms with Crippen molar-refractivity contribution in [1.82, 2.24) is 25.1 Å². The quantitative estimate of drug-likeness (QED) is 0.724. The van der Waals surface area contributed by atoms with E-state index in [2.05, 4.69) is 30.5 Å². The molecule has 0 fully saturated rings. The van der Waals surface area contributed by atoms with E-state index in [1.54, 1.807) is 0 Å². The van der Waals surface area contributed by atoms with E-state index < -0.39 is 5.91 Å². The predicted octanol–water partition coefficient (Wildman–Crippen LogP) is 0.500. The molecule has 0 spiro atoms. The highest BCUT2D eigenvalue weighted by atomic mass is 35.5. The number of nitrogens with one attached hydrogen (secondary N) is 2. The van der Waals surface area contributed by atoms with E-state index >= 15 is 0 Å². The molecule has 2 aromatic heterocycles. The van der Waals surface area contributed by atoms with Crippen LogP contribution < -0.4 is 5.32 Å². The van der Waals surface area contributed by atoms with Crippen molar-refractivity contribution in [2.45, 2.75) is 0 Å². The molecule has 8 heteroatoms. The molecule has 0 bridgehead atoms. The summed E-state index contributed by atoms with van der Waals surface area (Å²) in [5.41, 5.74) is 0. The summed E-state index contributed by atoms with van der Waals surface area (Å²) in [5.74, 6) is -0.0385. The van der Waals surface area contributed by atoms with Gasteiger partial charge in [0.1, 0.15) is 23.6 Å². The van der Waals surface area contributed by atoms with Gasteiger partial charge in [-0.05, 0) is 0 Å². The van der Waals surface area contributed by atoms with E-state index in [9.17, 15) is 4.79 Å². The van der Waals surface area contributed by atoms with Crippen molar-refractivity contribution in [2.24, 2.45) is 0 Å². The molecule has 0 unspecified atom stereocenters. The first-order valence-electron chi connectivity index (χ1n) is 3.90. The van der Waals surface area contributed by atoms with Gasteiger partial charge in [0, 0.05) is 6.07 Å². The van der Waals surface area contributed by atoms with E-state index in [-0.39, 0.29) is 11.0 Å². The van der Waals surface area contributed by atoms with Crippen LogP contribution in [0.15, 0.2) is 18.7 Å². The molecule has 2 heterocycles. The van der Waals surface area contributed by atoms with E-state index in [1.165, 1.54) is 18.7 Å². The molecule has 2 rings (SSSR count). The molecule has 2 aromatic rings. The second-order valence-corrected chi connectivity index (χ2v) is 2.90. The highest BCUT2D eigenvalue weighted by Crippen LogP contribution is 2.08. The fourth-order valence-corrected chi connectivity index (χ4v) is 1.04. The van der Waals surface area contributed by atoms with Crippen LogP contribution in [-0.2, 0) is 0 Å². The first-order chi connectivity index (χ1) is 7.25. The van der Waals surface area contributed by atoms with Crippen LogP contribution in [0.2, 0.25) is 5.15 Å². The van der Waals surface area contributed by atoms with Crippen LogP contribution in [-0.4, -0.2) is 31.1 Å². The summed E-state index contributed by atoms with van der Waals surface area (Å²) < 4.78 is 0. The molecule has 7 nitrogen and oxygen atoms in total. The largest absolute Gasteiger partial charge is 0.304 e. The first kappa shape index (κ1) is 9.53. The smallest absolute Gasteiger partial charge is 0.294 e. The van der Waals surface area contributed by atoms with Crippen LogP contribution in [0.4, 0.5) is 5.82 Å². The Balaban J connectivity index is 2.13. The number of amides is 1. The van der Waals surface area contributed by atoms with E-state index in [1.807, 2.05) is 0 Å². The summed E-state index contributed by atoms with van der Waals surface area (Å²) in [6.45, 7) is 0. The molecule has 1 amide bonds. The number of carbonyl (C=O) groups excluding carboxylic acids is 1. The highest BCUT2D eigenvalue weighted by molar-refractivity contribution is 6.29. The van der Waals surface area contributed by atoms with Crippen molar-refractivity contribution in [3.63, 3.8) is 0 Å². The minimum Gasteiger partial charge on any atom is -0.304 e. The number of hydrogen-bond donors (Lipinski definition) is 2. The maximum Gasteiger partial charge on any atom is 0.294 e. The van der Waals surface area contributed by atoms with Gasteiger partial charge in [-0.1, -0.05) is 11.6 Å². The molecular weight excluding hydrogens is 220 g/mol. The van der Waals surface area contributed by atoms with Gasteiger partial charge < -0.3 is 5.32 Å². The van der Waals surface area contributed by atoms with Crippen molar-refractivity contribution < 1.29 is 4.79 Å². The maximum atomic E-state index is 11.4. The lowest BCUT2D eigenvalue weighted by molar-refractivity contribution is 0.101. The Hall–Kier alpha value is -2.02. The van der Waals surface area contributed by atoms with Crippen LogP contribution in [0.1, 0.15) is 10.6 Å². The lowest BCUT2D eigenvalue weighted by atomic mass is 10.5. The van der Waals surface area contributed by atoms with Gasteiger partial charge in [0.25, 0.3) is 5.91 Å². The summed E-state index contributed by atoms with van der Waals surface area (Å²) in [5, 5.41) is 8.69. The zero-order valence-corrected chi connectivity index (χ0v) is 8.06. The number of carbonyl (C=O) groups is 1. The number of anilines is 1. The molecular formula is C7H5ClN6O. The van der Waals surface area contributed by atoms with Gasteiger partial charge in [-0.25, -0.2) is 15.0 Å². The molecule has 15 heavy (non-hydrogen) atoms. The average molecular weight is 225 g/mol. The van der Waals surface area contributed by atoms with Gasteiger partial charge in [-0.3, -0.25) is 9.89 Å². The fraction of sp³-hybridized carbons (Fsp3) is 0. The number of halogens is 1. The van der Waals surface area contributed by atoms with Gasteiger partial charge in [0.2, 0.25) is 5.82 Å². The van der Waals surface area contributed by atoms with Crippen molar-refractivity contribution in [1.29, 1.82) is 0 Å². The lowest BCUT2D eigenvalue weighted by Gasteiger charge is -2.00. The Kier molecular flexibility index (Phi) is 2.55. The fourth-order valence-electron chi connectivity index (χ4n) is 0.892. The Morgan fingerprint density at radius 3 is 2.87 bits per heavy atom. The Morgan fingerprint density at radius 1 is 1.33 bits per heavy atom. The monoisotopic (exact) mass is 224 g/mol. The molecule has 0 aromatic carbocycles. The lowest BCUT2D eigenvalue weighted by Crippen LogP contribution is -2.14. The third-order valence-corrected chi connectivity index (χ3v) is 1.71. The van der Waals surface area contributed by atoms with Crippen LogP contribution >= 0.6 is 11.6 Å². The molecule has 0 saturated carbocycles. The average Bonchev–Trinajstić information content (AvgIpc) is 2.70. The Labute approximate surface area is 88.9 Å². The first-order valence-corrected chi connectivity index (χ1v) is 4.28. The third-order valence-electron chi connectivity index (χ3n) is 1.51. The second-order valence-electron chi connectivity index (χ2n) is 2.51. The molecule has 0 aliphatic heterocycles. The van der Waals surface area contributed by atoms with Crippen LogP contribution in [0, 0.1) is 0 Å². The molecule has 0 aliphatic rings. The van der Waals surface area contributed by atoms with E-state index in [0.29, 0.717) is 5.82 Å². The number of nitrogens with zero attached hydrogens (tertiary/aromatic N) is 4. The number of aromatic nitrogens is 5. The predicted molar refractivity (Wildman–Crippen MR) is 51.4 cm³/mol.